The number of anilines is 1. The second-order valence-corrected chi connectivity index (χ2v) is 13.5. The number of hydrogen-bond donors (Lipinski definition) is 1. The number of ether oxygens (including phenoxy) is 1. The molecule has 1 saturated heterocycles. The Balaban J connectivity index is 1.18. The average molecular weight is 653 g/mol. The minimum atomic E-state index is -0.758. The number of amides is 2. The number of pyridine rings is 1. The molecule has 2 aliphatic carbocycles. The van der Waals surface area contributed by atoms with Crippen LogP contribution in [0.1, 0.15) is 71.8 Å². The lowest BCUT2D eigenvalue weighted by Crippen LogP contribution is -2.60. The Morgan fingerprint density at radius 1 is 0.979 bits per heavy atom. The summed E-state index contributed by atoms with van der Waals surface area (Å²) in [6.07, 6.45) is 11.9. The number of nitrogens with zero attached hydrogens (tertiary/aromatic N) is 5. The van der Waals surface area contributed by atoms with E-state index in [1.165, 1.54) is 17.5 Å². The molecular formula is C37H41ClN6O3. The molecule has 7 rings (SSSR count). The molecule has 1 N–H and O–H groups in total. The van der Waals surface area contributed by atoms with E-state index in [2.05, 4.69) is 33.4 Å². The van der Waals surface area contributed by atoms with Crippen LogP contribution in [0.2, 0.25) is 5.02 Å². The highest BCUT2D eigenvalue weighted by atomic mass is 35.5. The monoisotopic (exact) mass is 652 g/mol. The van der Waals surface area contributed by atoms with Crippen LogP contribution in [0.15, 0.2) is 73.3 Å². The number of imidazole rings is 1. The number of rotatable bonds is 6. The Bertz CT molecular complexity index is 1750. The van der Waals surface area contributed by atoms with E-state index in [9.17, 15) is 9.59 Å². The van der Waals surface area contributed by atoms with E-state index in [1.807, 2.05) is 60.3 Å². The fourth-order valence-corrected chi connectivity index (χ4v) is 7.56. The Morgan fingerprint density at radius 3 is 2.66 bits per heavy atom. The van der Waals surface area contributed by atoms with Crippen molar-refractivity contribution in [2.45, 2.75) is 76.6 Å². The van der Waals surface area contributed by atoms with Gasteiger partial charge >= 0.3 is 6.09 Å². The van der Waals surface area contributed by atoms with Gasteiger partial charge in [-0.1, -0.05) is 42.3 Å². The number of nitrogens with one attached hydrogen (secondary N) is 1. The lowest BCUT2D eigenvalue weighted by Gasteiger charge is -2.43. The van der Waals surface area contributed by atoms with E-state index in [1.54, 1.807) is 11.2 Å². The fourth-order valence-electron chi connectivity index (χ4n) is 7.37. The van der Waals surface area contributed by atoms with Gasteiger partial charge in [0.1, 0.15) is 12.1 Å². The Morgan fingerprint density at radius 2 is 1.83 bits per heavy atom. The quantitative estimate of drug-likeness (QED) is 0.253. The van der Waals surface area contributed by atoms with E-state index >= 15 is 0 Å². The highest BCUT2D eigenvalue weighted by Gasteiger charge is 2.41. The molecule has 2 aromatic carbocycles. The summed E-state index contributed by atoms with van der Waals surface area (Å²) in [5.41, 5.74) is 7.19. The summed E-state index contributed by atoms with van der Waals surface area (Å²) in [5, 5.41) is 3.85. The maximum absolute atomic E-state index is 14.2. The van der Waals surface area contributed by atoms with Crippen molar-refractivity contribution in [1.82, 2.24) is 24.3 Å². The number of aryl methyl sites for hydroxylation is 3. The maximum Gasteiger partial charge on any atom is 0.410 e. The van der Waals surface area contributed by atoms with Gasteiger partial charge in [-0.25, -0.2) is 9.78 Å². The van der Waals surface area contributed by atoms with Gasteiger partial charge in [0.05, 0.1) is 23.8 Å². The van der Waals surface area contributed by atoms with Crippen LogP contribution in [0.3, 0.4) is 0 Å². The molecule has 2 amide bonds. The van der Waals surface area contributed by atoms with Gasteiger partial charge < -0.3 is 14.6 Å². The number of hydrogen-bond acceptors (Lipinski definition) is 6. The number of benzene rings is 2. The van der Waals surface area contributed by atoms with Crippen molar-refractivity contribution in [3.8, 4) is 0 Å². The first kappa shape index (κ1) is 31.4. The van der Waals surface area contributed by atoms with Gasteiger partial charge in [-0.2, -0.15) is 0 Å². The first-order valence-electron chi connectivity index (χ1n) is 16.7. The predicted octanol–water partition coefficient (Wildman–Crippen LogP) is 6.57. The molecule has 0 spiro atoms. The van der Waals surface area contributed by atoms with Crippen LogP contribution in [0.5, 0.6) is 0 Å². The van der Waals surface area contributed by atoms with Crippen molar-refractivity contribution in [2.75, 3.05) is 25.0 Å². The second kappa shape index (κ2) is 13.9. The summed E-state index contributed by atoms with van der Waals surface area (Å²) in [4.78, 5) is 41.1. The fraction of sp³-hybridized carbons (Fsp3) is 0.405. The molecule has 9 nitrogen and oxygen atoms in total. The third-order valence-electron chi connectivity index (χ3n) is 9.70. The minimum Gasteiger partial charge on any atom is -0.446 e. The molecular weight excluding hydrogens is 612 g/mol. The summed E-state index contributed by atoms with van der Waals surface area (Å²) in [7, 11) is 0. The van der Waals surface area contributed by atoms with Crippen LogP contribution in [0.4, 0.5) is 10.5 Å². The molecule has 244 valence electrons. The topological polar surface area (TPSA) is 92.6 Å². The molecule has 3 heterocycles. The van der Waals surface area contributed by atoms with E-state index in [0.29, 0.717) is 36.9 Å². The average Bonchev–Trinajstić information content (AvgIpc) is 3.41. The van der Waals surface area contributed by atoms with E-state index in [-0.39, 0.29) is 18.1 Å². The van der Waals surface area contributed by atoms with Crippen LogP contribution in [0.25, 0.3) is 0 Å². The second-order valence-electron chi connectivity index (χ2n) is 13.0. The zero-order valence-electron chi connectivity index (χ0n) is 26.8. The molecule has 2 aromatic heterocycles. The van der Waals surface area contributed by atoms with E-state index in [4.69, 9.17) is 21.3 Å². The molecule has 1 saturated carbocycles. The van der Waals surface area contributed by atoms with Crippen molar-refractivity contribution < 1.29 is 14.3 Å². The van der Waals surface area contributed by atoms with Crippen LogP contribution < -0.4 is 5.32 Å². The number of carbonyl (C=O) groups excluding carboxylic acids is 2. The number of fused-ring (bicyclic) bond motifs is 2. The van der Waals surface area contributed by atoms with Crippen LogP contribution in [-0.2, 0) is 28.9 Å². The van der Waals surface area contributed by atoms with Crippen molar-refractivity contribution in [2.24, 2.45) is 0 Å². The van der Waals surface area contributed by atoms with Crippen molar-refractivity contribution in [1.29, 1.82) is 0 Å². The molecule has 2 atom stereocenters. The lowest BCUT2D eigenvalue weighted by molar-refractivity contribution is -0.123. The summed E-state index contributed by atoms with van der Waals surface area (Å²) in [5.74, 6) is -0.239. The van der Waals surface area contributed by atoms with Crippen molar-refractivity contribution >= 4 is 29.3 Å². The van der Waals surface area contributed by atoms with Crippen molar-refractivity contribution in [3.63, 3.8) is 0 Å². The summed E-state index contributed by atoms with van der Waals surface area (Å²) >= 11 is 6.46. The highest BCUT2D eigenvalue weighted by molar-refractivity contribution is 6.30. The number of piperazine rings is 1. The summed E-state index contributed by atoms with van der Waals surface area (Å²) < 4.78 is 8.04. The summed E-state index contributed by atoms with van der Waals surface area (Å²) in [6, 6.07) is 17.1. The lowest BCUT2D eigenvalue weighted by atomic mass is 9.95. The minimum absolute atomic E-state index is 0.101. The third kappa shape index (κ3) is 7.06. The zero-order valence-corrected chi connectivity index (χ0v) is 27.5. The van der Waals surface area contributed by atoms with Gasteiger partial charge in [0, 0.05) is 49.3 Å². The van der Waals surface area contributed by atoms with Crippen LogP contribution in [0, 0.1) is 6.92 Å². The standard InChI is InChI=1S/C37H41ClN6O3/c1-25-21-42(24-40-25)22-26-7-5-9-30(19-26)41-36(45)33-23-43(17-18-44(33)37(46)47-31-10-3-2-4-11-31)35-32-15-14-29(38)20-28(32)13-12-27-8-6-16-39-34(27)35/h5-9,14-16,19-21,24,31,33,35H,2-4,10-13,17-18,22-23H2,1H3,(H,41,45)/t33?,35-/m1/s1. The molecule has 10 heteroatoms. The van der Waals surface area contributed by atoms with Gasteiger partial charge in [0.2, 0.25) is 5.91 Å². The molecule has 4 aromatic rings. The van der Waals surface area contributed by atoms with Gasteiger partial charge in [0.15, 0.2) is 0 Å². The number of carbonyl (C=O) groups is 2. The molecule has 1 aliphatic heterocycles. The van der Waals surface area contributed by atoms with Crippen molar-refractivity contribution in [3.05, 3.63) is 112 Å². The SMILES string of the molecule is Cc1cn(Cc2cccc(NC(=O)C3CN([C@@H]4c5ccc(Cl)cc5CCc5cccnc54)CCN3C(=O)OC3CCCCC3)c2)cn1. The first-order chi connectivity index (χ1) is 22.9. The van der Waals surface area contributed by atoms with Gasteiger partial charge in [-0.05, 0) is 98.0 Å². The zero-order chi connectivity index (χ0) is 32.3. The van der Waals surface area contributed by atoms with Crippen LogP contribution in [-0.4, -0.2) is 68.1 Å². The Hall–Kier alpha value is -4.21. The van der Waals surface area contributed by atoms with Gasteiger partial charge in [-0.15, -0.1) is 0 Å². The molecule has 3 aliphatic rings. The molecule has 2 fully saturated rings. The number of halogens is 1. The predicted molar refractivity (Wildman–Crippen MR) is 181 cm³/mol. The van der Waals surface area contributed by atoms with E-state index < -0.39 is 12.1 Å². The Labute approximate surface area is 280 Å². The Kier molecular flexibility index (Phi) is 9.27. The van der Waals surface area contributed by atoms with E-state index in [0.717, 1.165) is 61.0 Å². The third-order valence-corrected chi connectivity index (χ3v) is 9.94. The van der Waals surface area contributed by atoms with Gasteiger partial charge in [-0.3, -0.25) is 19.6 Å². The molecule has 0 radical (unpaired) electrons. The normalized spacial score (nSPS) is 20.2. The van der Waals surface area contributed by atoms with Gasteiger partial charge in [0.25, 0.3) is 0 Å². The first-order valence-corrected chi connectivity index (χ1v) is 17.1. The maximum atomic E-state index is 14.2. The largest absolute Gasteiger partial charge is 0.446 e. The molecule has 1 unspecified atom stereocenters. The molecule has 47 heavy (non-hydrogen) atoms. The smallest absolute Gasteiger partial charge is 0.410 e. The highest BCUT2D eigenvalue weighted by Crippen LogP contribution is 2.38. The number of aromatic nitrogens is 3. The molecule has 0 bridgehead atoms. The van der Waals surface area contributed by atoms with Crippen LogP contribution >= 0.6 is 11.6 Å². The summed E-state index contributed by atoms with van der Waals surface area (Å²) in [6.45, 7) is 3.88.